The number of hydrogen-bond donors (Lipinski definition) is 1. The molecule has 1 aromatic heterocycles. The molecule has 0 amide bonds. The number of ether oxygens (including phenoxy) is 1. The molecule has 0 radical (unpaired) electrons. The number of thiazole rings is 1. The topological polar surface area (TPSA) is 67.0 Å². The number of aromatic nitrogens is 1. The monoisotopic (exact) mass is 393 g/mol. The minimum Gasteiger partial charge on any atom is -0.494 e. The second kappa shape index (κ2) is 9.09. The second-order valence-corrected chi connectivity index (χ2v) is 7.27. The molecule has 140 valence electrons. The minimum atomic E-state index is 0.601. The number of guanidine groups is 1. The van der Waals surface area contributed by atoms with E-state index in [0.717, 1.165) is 49.0 Å². The lowest BCUT2D eigenvalue weighted by molar-refractivity contribution is 0.336. The highest BCUT2D eigenvalue weighted by atomic mass is 35.5. The number of halogens is 1. The first-order valence-electron chi connectivity index (χ1n) is 8.78. The van der Waals surface area contributed by atoms with Crippen LogP contribution >= 0.6 is 22.9 Å². The molecule has 0 saturated carbocycles. The molecule has 1 aliphatic rings. The molecule has 2 heterocycles. The van der Waals surface area contributed by atoms with Crippen molar-refractivity contribution in [1.29, 1.82) is 0 Å². The van der Waals surface area contributed by atoms with E-state index in [1.165, 1.54) is 0 Å². The summed E-state index contributed by atoms with van der Waals surface area (Å²) in [4.78, 5) is 13.3. The van der Waals surface area contributed by atoms with Gasteiger partial charge in [-0.2, -0.15) is 0 Å². The standard InChI is InChI=1S/C18H24ClN5OS/c1-2-25-16-4-3-15(19)13-14(16)5-6-21-17(20)23-8-10-24(11-9-23)18-22-7-12-26-18/h3-4,7,12-13H,2,5-6,8-11H2,1H3,(H2,20,21). The largest absolute Gasteiger partial charge is 0.494 e. The van der Waals surface area contributed by atoms with Gasteiger partial charge in [-0.3, -0.25) is 4.99 Å². The van der Waals surface area contributed by atoms with Crippen LogP contribution in [-0.4, -0.2) is 55.2 Å². The average Bonchev–Trinajstić information content (AvgIpc) is 3.19. The maximum atomic E-state index is 6.19. The molecule has 0 spiro atoms. The molecule has 1 saturated heterocycles. The normalized spacial score (nSPS) is 15.4. The van der Waals surface area contributed by atoms with Crippen LogP contribution in [0, 0.1) is 0 Å². The van der Waals surface area contributed by atoms with Crippen molar-refractivity contribution in [1.82, 2.24) is 9.88 Å². The molecule has 2 N–H and O–H groups in total. The molecule has 0 atom stereocenters. The Bertz CT molecular complexity index is 729. The molecule has 0 bridgehead atoms. The van der Waals surface area contributed by atoms with Crippen LogP contribution in [0.25, 0.3) is 0 Å². The van der Waals surface area contributed by atoms with Gasteiger partial charge < -0.3 is 20.3 Å². The van der Waals surface area contributed by atoms with Gasteiger partial charge in [-0.1, -0.05) is 11.6 Å². The Balaban J connectivity index is 1.52. The number of benzene rings is 1. The van der Waals surface area contributed by atoms with E-state index in [0.29, 0.717) is 24.1 Å². The zero-order valence-corrected chi connectivity index (χ0v) is 16.5. The van der Waals surface area contributed by atoms with Gasteiger partial charge in [-0.15, -0.1) is 11.3 Å². The van der Waals surface area contributed by atoms with Crippen molar-refractivity contribution in [3.05, 3.63) is 40.4 Å². The molecule has 8 heteroatoms. The van der Waals surface area contributed by atoms with Gasteiger partial charge in [0.1, 0.15) is 5.75 Å². The fraction of sp³-hybridized carbons (Fsp3) is 0.444. The Morgan fingerprint density at radius 3 is 2.85 bits per heavy atom. The summed E-state index contributed by atoms with van der Waals surface area (Å²) in [6.45, 7) is 6.74. The predicted molar refractivity (Wildman–Crippen MR) is 109 cm³/mol. The molecule has 3 rings (SSSR count). The summed E-state index contributed by atoms with van der Waals surface area (Å²) in [5, 5.41) is 3.78. The summed E-state index contributed by atoms with van der Waals surface area (Å²) in [6, 6.07) is 5.69. The van der Waals surface area contributed by atoms with Crippen LogP contribution in [-0.2, 0) is 6.42 Å². The molecule has 0 aliphatic carbocycles. The fourth-order valence-electron chi connectivity index (χ4n) is 2.93. The molecule has 26 heavy (non-hydrogen) atoms. The lowest BCUT2D eigenvalue weighted by Crippen LogP contribution is -2.51. The third-order valence-corrected chi connectivity index (χ3v) is 5.34. The number of piperazine rings is 1. The van der Waals surface area contributed by atoms with E-state index in [9.17, 15) is 0 Å². The molecule has 1 fully saturated rings. The van der Waals surface area contributed by atoms with Crippen LogP contribution in [0.5, 0.6) is 5.75 Å². The molecule has 0 unspecified atom stereocenters. The Morgan fingerprint density at radius 2 is 2.15 bits per heavy atom. The van der Waals surface area contributed by atoms with Gasteiger partial charge in [0.2, 0.25) is 0 Å². The van der Waals surface area contributed by atoms with Crippen LogP contribution in [0.4, 0.5) is 5.13 Å². The SMILES string of the molecule is CCOc1ccc(Cl)cc1CCN=C(N)N1CCN(c2nccs2)CC1. The molecule has 1 aliphatic heterocycles. The third-order valence-electron chi connectivity index (χ3n) is 4.27. The maximum Gasteiger partial charge on any atom is 0.191 e. The number of nitrogens with two attached hydrogens (primary N) is 1. The maximum absolute atomic E-state index is 6.19. The van der Waals surface area contributed by atoms with E-state index in [4.69, 9.17) is 22.1 Å². The molecular weight excluding hydrogens is 370 g/mol. The van der Waals surface area contributed by atoms with Crippen LogP contribution in [0.2, 0.25) is 5.02 Å². The number of rotatable bonds is 6. The average molecular weight is 394 g/mol. The van der Waals surface area contributed by atoms with Gasteiger partial charge in [0, 0.05) is 49.3 Å². The van der Waals surface area contributed by atoms with Gasteiger partial charge in [-0.05, 0) is 37.1 Å². The lowest BCUT2D eigenvalue weighted by atomic mass is 10.1. The summed E-state index contributed by atoms with van der Waals surface area (Å²) in [7, 11) is 0. The highest BCUT2D eigenvalue weighted by molar-refractivity contribution is 7.13. The van der Waals surface area contributed by atoms with Crippen molar-refractivity contribution in [3.63, 3.8) is 0 Å². The summed E-state index contributed by atoms with van der Waals surface area (Å²) in [5.41, 5.74) is 7.25. The van der Waals surface area contributed by atoms with Crippen molar-refractivity contribution < 1.29 is 4.74 Å². The van der Waals surface area contributed by atoms with Gasteiger partial charge in [0.15, 0.2) is 11.1 Å². The van der Waals surface area contributed by atoms with E-state index in [-0.39, 0.29) is 0 Å². The van der Waals surface area contributed by atoms with Gasteiger partial charge in [0.05, 0.1) is 6.61 Å². The minimum absolute atomic E-state index is 0.601. The summed E-state index contributed by atoms with van der Waals surface area (Å²) >= 11 is 7.77. The van der Waals surface area contributed by atoms with Crippen molar-refractivity contribution in [2.24, 2.45) is 10.7 Å². The molecule has 6 nitrogen and oxygen atoms in total. The summed E-state index contributed by atoms with van der Waals surface area (Å²) < 4.78 is 5.65. The Hall–Kier alpha value is -1.99. The highest BCUT2D eigenvalue weighted by Crippen LogP contribution is 2.23. The Labute approximate surface area is 163 Å². The Morgan fingerprint density at radius 1 is 1.35 bits per heavy atom. The van der Waals surface area contributed by atoms with E-state index in [1.807, 2.05) is 36.7 Å². The highest BCUT2D eigenvalue weighted by Gasteiger charge is 2.19. The third kappa shape index (κ3) is 4.80. The van der Waals surface area contributed by atoms with E-state index in [1.54, 1.807) is 11.3 Å². The fourth-order valence-corrected chi connectivity index (χ4v) is 3.82. The van der Waals surface area contributed by atoms with Crippen LogP contribution < -0.4 is 15.4 Å². The zero-order chi connectivity index (χ0) is 18.4. The van der Waals surface area contributed by atoms with Crippen LogP contribution in [0.1, 0.15) is 12.5 Å². The number of nitrogens with zero attached hydrogens (tertiary/aromatic N) is 4. The molecular formula is C18H24ClN5OS. The van der Waals surface area contributed by atoms with Crippen LogP contribution in [0.3, 0.4) is 0 Å². The van der Waals surface area contributed by atoms with Gasteiger partial charge in [0.25, 0.3) is 0 Å². The van der Waals surface area contributed by atoms with Crippen molar-refractivity contribution in [2.45, 2.75) is 13.3 Å². The number of anilines is 1. The smallest absolute Gasteiger partial charge is 0.191 e. The first-order chi connectivity index (χ1) is 12.7. The first-order valence-corrected chi connectivity index (χ1v) is 10.0. The number of hydrogen-bond acceptors (Lipinski definition) is 5. The summed E-state index contributed by atoms with van der Waals surface area (Å²) in [6.07, 6.45) is 2.59. The van der Waals surface area contributed by atoms with E-state index < -0.39 is 0 Å². The molecule has 1 aromatic carbocycles. The quantitative estimate of drug-likeness (QED) is 0.603. The van der Waals surface area contributed by atoms with E-state index >= 15 is 0 Å². The first kappa shape index (κ1) is 18.8. The number of aliphatic imine (C=N–C) groups is 1. The van der Waals surface area contributed by atoms with Crippen molar-refractivity contribution in [2.75, 3.05) is 44.2 Å². The van der Waals surface area contributed by atoms with Crippen LogP contribution in [0.15, 0.2) is 34.8 Å². The lowest BCUT2D eigenvalue weighted by Gasteiger charge is -2.35. The molecule has 2 aromatic rings. The summed E-state index contributed by atoms with van der Waals surface area (Å²) in [5.74, 6) is 1.46. The Kier molecular flexibility index (Phi) is 6.57. The zero-order valence-electron chi connectivity index (χ0n) is 14.9. The van der Waals surface area contributed by atoms with Crippen molar-refractivity contribution >= 4 is 34.0 Å². The van der Waals surface area contributed by atoms with Crippen molar-refractivity contribution in [3.8, 4) is 5.75 Å². The second-order valence-electron chi connectivity index (χ2n) is 5.96. The van der Waals surface area contributed by atoms with Gasteiger partial charge >= 0.3 is 0 Å². The van der Waals surface area contributed by atoms with E-state index in [2.05, 4.69) is 19.8 Å². The van der Waals surface area contributed by atoms with Gasteiger partial charge in [-0.25, -0.2) is 4.98 Å². The predicted octanol–water partition coefficient (Wildman–Crippen LogP) is 2.87.